The third-order valence-corrected chi connectivity index (χ3v) is 2.90. The van der Waals surface area contributed by atoms with Crippen molar-refractivity contribution in [2.24, 2.45) is 0 Å². The fourth-order valence-electron chi connectivity index (χ4n) is 1.91. The molecular formula is C16H19N3O3. The van der Waals surface area contributed by atoms with E-state index in [0.717, 1.165) is 0 Å². The summed E-state index contributed by atoms with van der Waals surface area (Å²) >= 11 is 0. The number of fused-ring (bicyclic) bond motifs is 1. The largest absolute Gasteiger partial charge is 0.458 e. The molecule has 0 unspecified atom stereocenters. The first-order valence-corrected chi connectivity index (χ1v) is 7.02. The Morgan fingerprint density at radius 3 is 2.59 bits per heavy atom. The van der Waals surface area contributed by atoms with Gasteiger partial charge in [0.15, 0.2) is 0 Å². The van der Waals surface area contributed by atoms with Crippen LogP contribution in [-0.2, 0) is 9.53 Å². The summed E-state index contributed by atoms with van der Waals surface area (Å²) in [6.45, 7) is 6.92. The maximum Gasteiger partial charge on any atom is 0.328 e. The van der Waals surface area contributed by atoms with Gasteiger partial charge in [-0.15, -0.1) is 0 Å². The Hall–Kier alpha value is -2.50. The van der Waals surface area contributed by atoms with E-state index in [1.165, 1.54) is 6.20 Å². The monoisotopic (exact) mass is 301 g/mol. The highest BCUT2D eigenvalue weighted by Gasteiger charge is 2.24. The Morgan fingerprint density at radius 1 is 1.23 bits per heavy atom. The van der Waals surface area contributed by atoms with Gasteiger partial charge in [0.05, 0.1) is 17.3 Å². The number of aromatic nitrogens is 2. The lowest BCUT2D eigenvalue weighted by atomic mass is 10.1. The summed E-state index contributed by atoms with van der Waals surface area (Å²) in [6.07, 6.45) is 1.39. The Morgan fingerprint density at radius 2 is 1.91 bits per heavy atom. The third kappa shape index (κ3) is 3.78. The zero-order valence-corrected chi connectivity index (χ0v) is 13.1. The van der Waals surface area contributed by atoms with Gasteiger partial charge in [-0.1, -0.05) is 18.2 Å². The third-order valence-electron chi connectivity index (χ3n) is 2.90. The number of ether oxygens (including phenoxy) is 1. The van der Waals surface area contributed by atoms with Crippen LogP contribution in [0.5, 0.6) is 0 Å². The first-order valence-electron chi connectivity index (χ1n) is 7.02. The first-order chi connectivity index (χ1) is 10.3. The molecule has 2 rings (SSSR count). The van der Waals surface area contributed by atoms with E-state index in [9.17, 15) is 9.59 Å². The lowest BCUT2D eigenvalue weighted by molar-refractivity contribution is -0.156. The summed E-state index contributed by atoms with van der Waals surface area (Å²) in [5.41, 5.74) is 0.405. The quantitative estimate of drug-likeness (QED) is 0.878. The Balaban J connectivity index is 2.16. The molecule has 6 heteroatoms. The topological polar surface area (TPSA) is 81.2 Å². The molecule has 2 aromatic rings. The van der Waals surface area contributed by atoms with E-state index in [4.69, 9.17) is 4.74 Å². The van der Waals surface area contributed by atoms with Gasteiger partial charge >= 0.3 is 5.97 Å². The molecule has 116 valence electrons. The van der Waals surface area contributed by atoms with Gasteiger partial charge in [-0.2, -0.15) is 10.2 Å². The molecule has 1 heterocycles. The molecule has 1 aromatic heterocycles. The zero-order valence-electron chi connectivity index (χ0n) is 13.1. The van der Waals surface area contributed by atoms with Crippen molar-refractivity contribution in [1.29, 1.82) is 0 Å². The van der Waals surface area contributed by atoms with Crippen molar-refractivity contribution >= 4 is 22.8 Å². The standard InChI is InChI=1S/C16H19N3O3/c1-10(15(21)22-16(2,3)4)18-14(20)12-9-17-19-13-8-6-5-7-11(12)13/h5-10H,1-4H3,(H,18,20)/t10-/m1/s1. The van der Waals surface area contributed by atoms with Gasteiger partial charge in [-0.3, -0.25) is 4.79 Å². The van der Waals surface area contributed by atoms with Crippen LogP contribution >= 0.6 is 0 Å². The number of esters is 1. The number of hydrogen-bond donors (Lipinski definition) is 1. The number of nitrogens with zero attached hydrogens (tertiary/aromatic N) is 2. The van der Waals surface area contributed by atoms with E-state index in [0.29, 0.717) is 16.5 Å². The normalized spacial score (nSPS) is 12.7. The van der Waals surface area contributed by atoms with Crippen molar-refractivity contribution in [3.8, 4) is 0 Å². The minimum atomic E-state index is -0.751. The summed E-state index contributed by atoms with van der Waals surface area (Å²) in [5.74, 6) is -0.864. The van der Waals surface area contributed by atoms with Crippen LogP contribution in [0, 0.1) is 0 Å². The average molecular weight is 301 g/mol. The number of benzene rings is 1. The average Bonchev–Trinajstić information content (AvgIpc) is 2.44. The van der Waals surface area contributed by atoms with Crippen LogP contribution < -0.4 is 5.32 Å². The fourth-order valence-corrected chi connectivity index (χ4v) is 1.91. The molecule has 1 atom stereocenters. The molecule has 0 fully saturated rings. The van der Waals surface area contributed by atoms with E-state index >= 15 is 0 Å². The number of amides is 1. The predicted molar refractivity (Wildman–Crippen MR) is 82.3 cm³/mol. The Bertz CT molecular complexity index is 702. The van der Waals surface area contributed by atoms with Gasteiger partial charge in [-0.25, -0.2) is 4.79 Å². The van der Waals surface area contributed by atoms with Gasteiger partial charge in [0.1, 0.15) is 11.6 Å². The second kappa shape index (κ2) is 6.09. The van der Waals surface area contributed by atoms with Crippen LogP contribution in [0.2, 0.25) is 0 Å². The number of carbonyl (C=O) groups is 2. The first kappa shape index (κ1) is 15.9. The molecule has 0 aliphatic carbocycles. The molecule has 0 bridgehead atoms. The number of carbonyl (C=O) groups excluding carboxylic acids is 2. The molecule has 1 amide bonds. The number of hydrogen-bond acceptors (Lipinski definition) is 5. The number of nitrogens with one attached hydrogen (secondary N) is 1. The molecule has 0 radical (unpaired) electrons. The second-order valence-corrected chi connectivity index (χ2v) is 6.00. The van der Waals surface area contributed by atoms with Crippen LogP contribution in [0.1, 0.15) is 38.1 Å². The zero-order chi connectivity index (χ0) is 16.3. The number of rotatable bonds is 3. The lowest BCUT2D eigenvalue weighted by Gasteiger charge is -2.22. The Labute approximate surface area is 128 Å². The van der Waals surface area contributed by atoms with E-state index in [-0.39, 0.29) is 5.91 Å². The highest BCUT2D eigenvalue weighted by atomic mass is 16.6. The predicted octanol–water partition coefficient (Wildman–Crippen LogP) is 2.09. The van der Waals surface area contributed by atoms with Crippen molar-refractivity contribution in [2.75, 3.05) is 0 Å². The molecule has 0 saturated heterocycles. The van der Waals surface area contributed by atoms with Crippen molar-refractivity contribution in [3.05, 3.63) is 36.0 Å². The second-order valence-electron chi connectivity index (χ2n) is 6.00. The van der Waals surface area contributed by atoms with Gasteiger partial charge in [-0.05, 0) is 33.8 Å². The molecule has 0 spiro atoms. The van der Waals surface area contributed by atoms with Crippen molar-refractivity contribution in [1.82, 2.24) is 15.5 Å². The summed E-state index contributed by atoms with van der Waals surface area (Å²) in [6, 6.07) is 6.45. The van der Waals surface area contributed by atoms with Crippen molar-refractivity contribution in [3.63, 3.8) is 0 Å². The molecule has 1 N–H and O–H groups in total. The highest BCUT2D eigenvalue weighted by molar-refractivity contribution is 6.06. The van der Waals surface area contributed by atoms with E-state index in [1.807, 2.05) is 12.1 Å². The smallest absolute Gasteiger partial charge is 0.328 e. The van der Waals surface area contributed by atoms with Crippen LogP contribution in [0.25, 0.3) is 10.9 Å². The summed E-state index contributed by atoms with van der Waals surface area (Å²) in [4.78, 5) is 24.3. The van der Waals surface area contributed by atoms with Gasteiger partial charge in [0, 0.05) is 5.39 Å². The van der Waals surface area contributed by atoms with Crippen LogP contribution in [0.15, 0.2) is 30.5 Å². The molecule has 22 heavy (non-hydrogen) atoms. The Kier molecular flexibility index (Phi) is 4.40. The van der Waals surface area contributed by atoms with Gasteiger partial charge in [0.25, 0.3) is 5.91 Å². The van der Waals surface area contributed by atoms with Crippen molar-refractivity contribution < 1.29 is 14.3 Å². The maximum atomic E-state index is 12.4. The molecule has 0 aliphatic heterocycles. The van der Waals surface area contributed by atoms with E-state index in [1.54, 1.807) is 39.8 Å². The highest BCUT2D eigenvalue weighted by Crippen LogP contribution is 2.15. The SMILES string of the molecule is C[C@@H](NC(=O)c1cnnc2ccccc12)C(=O)OC(C)(C)C. The summed E-state index contributed by atoms with van der Waals surface area (Å²) in [5, 5.41) is 11.1. The minimum Gasteiger partial charge on any atom is -0.458 e. The van der Waals surface area contributed by atoms with Crippen LogP contribution in [-0.4, -0.2) is 33.7 Å². The molecule has 1 aromatic carbocycles. The van der Waals surface area contributed by atoms with E-state index in [2.05, 4.69) is 15.5 Å². The fraction of sp³-hybridized carbons (Fsp3) is 0.375. The maximum absolute atomic E-state index is 12.4. The molecule has 0 saturated carbocycles. The molecule has 6 nitrogen and oxygen atoms in total. The van der Waals surface area contributed by atoms with Crippen LogP contribution in [0.4, 0.5) is 0 Å². The summed E-state index contributed by atoms with van der Waals surface area (Å²) < 4.78 is 5.24. The van der Waals surface area contributed by atoms with E-state index < -0.39 is 17.6 Å². The van der Waals surface area contributed by atoms with Gasteiger partial charge < -0.3 is 10.1 Å². The molecule has 0 aliphatic rings. The van der Waals surface area contributed by atoms with Gasteiger partial charge in [0.2, 0.25) is 0 Å². The minimum absolute atomic E-state index is 0.376. The lowest BCUT2D eigenvalue weighted by Crippen LogP contribution is -2.42. The summed E-state index contributed by atoms with van der Waals surface area (Å²) in [7, 11) is 0. The van der Waals surface area contributed by atoms with Crippen molar-refractivity contribution in [2.45, 2.75) is 39.3 Å². The van der Waals surface area contributed by atoms with Crippen LogP contribution in [0.3, 0.4) is 0 Å². The molecular weight excluding hydrogens is 282 g/mol.